The van der Waals surface area contributed by atoms with Crippen molar-refractivity contribution in [3.8, 4) is 0 Å². The molecule has 18 heavy (non-hydrogen) atoms. The van der Waals surface area contributed by atoms with E-state index in [0.29, 0.717) is 11.3 Å². The molecular weight excluding hydrogens is 246 g/mol. The number of ether oxygens (including phenoxy) is 1. The molecule has 0 amide bonds. The van der Waals surface area contributed by atoms with E-state index in [4.69, 9.17) is 16.3 Å². The highest BCUT2D eigenvalue weighted by Crippen LogP contribution is 2.47. The first-order chi connectivity index (χ1) is 8.82. The van der Waals surface area contributed by atoms with Crippen LogP contribution in [0.5, 0.6) is 0 Å². The third kappa shape index (κ3) is 2.18. The van der Waals surface area contributed by atoms with Crippen LogP contribution in [0.4, 0.5) is 0 Å². The van der Waals surface area contributed by atoms with Gasteiger partial charge in [0.15, 0.2) is 0 Å². The molecular formula is C15H20ClNO. The van der Waals surface area contributed by atoms with Crippen molar-refractivity contribution in [1.82, 2.24) is 5.32 Å². The molecule has 0 radical (unpaired) electrons. The normalized spacial score (nSPS) is 32.6. The molecule has 3 heteroatoms. The van der Waals surface area contributed by atoms with Gasteiger partial charge in [0.2, 0.25) is 0 Å². The molecule has 1 spiro atoms. The minimum atomic E-state index is 0.300. The average Bonchev–Trinajstić information content (AvgIpc) is 2.41. The second kappa shape index (κ2) is 5.20. The first-order valence-corrected chi connectivity index (χ1v) is 7.23. The van der Waals surface area contributed by atoms with Crippen molar-refractivity contribution in [3.63, 3.8) is 0 Å². The Balaban J connectivity index is 1.94. The van der Waals surface area contributed by atoms with Crippen molar-refractivity contribution in [2.45, 2.75) is 25.2 Å². The standard InChI is InChI=1S/C15H20ClNO/c16-14-5-2-1-4-12(14)13-10-17-8-7-15(13)6-3-9-18-11-15/h1-2,4-5,13,17H,3,6-11H2. The highest BCUT2D eigenvalue weighted by Gasteiger charge is 2.43. The predicted octanol–water partition coefficient (Wildman–Crippen LogP) is 3.21. The maximum atomic E-state index is 6.39. The zero-order chi connectivity index (χ0) is 12.4. The Labute approximate surface area is 114 Å². The van der Waals surface area contributed by atoms with Crippen LogP contribution < -0.4 is 5.32 Å². The van der Waals surface area contributed by atoms with E-state index in [-0.39, 0.29) is 0 Å². The Morgan fingerprint density at radius 3 is 2.94 bits per heavy atom. The van der Waals surface area contributed by atoms with E-state index in [1.54, 1.807) is 0 Å². The minimum Gasteiger partial charge on any atom is -0.381 e. The van der Waals surface area contributed by atoms with E-state index in [1.165, 1.54) is 24.8 Å². The Morgan fingerprint density at radius 2 is 2.17 bits per heavy atom. The lowest BCUT2D eigenvalue weighted by Gasteiger charge is -2.47. The van der Waals surface area contributed by atoms with Crippen molar-refractivity contribution in [2.75, 3.05) is 26.3 Å². The number of nitrogens with one attached hydrogen (secondary N) is 1. The fourth-order valence-electron chi connectivity index (χ4n) is 3.52. The molecule has 2 nitrogen and oxygen atoms in total. The second-order valence-corrected chi connectivity index (χ2v) is 5.95. The molecule has 3 rings (SSSR count). The van der Waals surface area contributed by atoms with Crippen LogP contribution in [0, 0.1) is 5.41 Å². The van der Waals surface area contributed by atoms with Crippen molar-refractivity contribution < 1.29 is 4.74 Å². The molecule has 0 aliphatic carbocycles. The van der Waals surface area contributed by atoms with E-state index in [1.807, 2.05) is 12.1 Å². The molecule has 0 bridgehead atoms. The number of halogens is 1. The topological polar surface area (TPSA) is 21.3 Å². The Bertz CT molecular complexity index is 406. The summed E-state index contributed by atoms with van der Waals surface area (Å²) in [5.74, 6) is 0.486. The summed E-state index contributed by atoms with van der Waals surface area (Å²) in [5.41, 5.74) is 1.59. The third-order valence-electron chi connectivity index (χ3n) is 4.52. The van der Waals surface area contributed by atoms with E-state index >= 15 is 0 Å². The van der Waals surface area contributed by atoms with Crippen LogP contribution in [0.1, 0.15) is 30.7 Å². The molecule has 2 heterocycles. The van der Waals surface area contributed by atoms with Gasteiger partial charge in [-0.1, -0.05) is 29.8 Å². The molecule has 2 aliphatic heterocycles. The third-order valence-corrected chi connectivity index (χ3v) is 4.87. The van der Waals surface area contributed by atoms with Gasteiger partial charge >= 0.3 is 0 Å². The van der Waals surface area contributed by atoms with Gasteiger partial charge in [-0.15, -0.1) is 0 Å². The molecule has 2 unspecified atom stereocenters. The number of piperidine rings is 1. The molecule has 1 aromatic carbocycles. The quantitative estimate of drug-likeness (QED) is 0.842. The van der Waals surface area contributed by atoms with Gasteiger partial charge < -0.3 is 10.1 Å². The maximum absolute atomic E-state index is 6.39. The van der Waals surface area contributed by atoms with Crippen LogP contribution in [0.2, 0.25) is 5.02 Å². The molecule has 98 valence electrons. The highest BCUT2D eigenvalue weighted by atomic mass is 35.5. The summed E-state index contributed by atoms with van der Waals surface area (Å²) in [5, 5.41) is 4.42. The van der Waals surface area contributed by atoms with Gasteiger partial charge in [0.25, 0.3) is 0 Å². The summed E-state index contributed by atoms with van der Waals surface area (Å²) in [6.45, 7) is 3.94. The van der Waals surface area contributed by atoms with E-state index in [2.05, 4.69) is 17.4 Å². The van der Waals surface area contributed by atoms with Crippen molar-refractivity contribution in [3.05, 3.63) is 34.9 Å². The highest BCUT2D eigenvalue weighted by molar-refractivity contribution is 6.31. The summed E-state index contributed by atoms with van der Waals surface area (Å²) in [7, 11) is 0. The lowest BCUT2D eigenvalue weighted by molar-refractivity contribution is -0.0369. The molecule has 2 aliphatic rings. The van der Waals surface area contributed by atoms with E-state index < -0.39 is 0 Å². The van der Waals surface area contributed by atoms with Crippen LogP contribution in [0.25, 0.3) is 0 Å². The Kier molecular flexibility index (Phi) is 3.60. The van der Waals surface area contributed by atoms with Gasteiger partial charge in [-0.2, -0.15) is 0 Å². The van der Waals surface area contributed by atoms with Gasteiger partial charge in [0.05, 0.1) is 6.61 Å². The molecule has 2 atom stereocenters. The monoisotopic (exact) mass is 265 g/mol. The number of hydrogen-bond donors (Lipinski definition) is 1. The van der Waals surface area contributed by atoms with Crippen LogP contribution in [0.3, 0.4) is 0 Å². The Morgan fingerprint density at radius 1 is 1.28 bits per heavy atom. The van der Waals surface area contributed by atoms with Gasteiger partial charge in [-0.05, 0) is 37.4 Å². The number of hydrogen-bond acceptors (Lipinski definition) is 2. The number of benzene rings is 1. The molecule has 0 saturated carbocycles. The van der Waals surface area contributed by atoms with Crippen LogP contribution >= 0.6 is 11.6 Å². The summed E-state index contributed by atoms with van der Waals surface area (Å²) < 4.78 is 5.78. The zero-order valence-corrected chi connectivity index (χ0v) is 11.4. The van der Waals surface area contributed by atoms with Gasteiger partial charge in [0.1, 0.15) is 0 Å². The molecule has 2 fully saturated rings. The lowest BCUT2D eigenvalue weighted by Crippen LogP contribution is -2.48. The van der Waals surface area contributed by atoms with Gasteiger partial charge in [0, 0.05) is 29.5 Å². The zero-order valence-electron chi connectivity index (χ0n) is 10.6. The smallest absolute Gasteiger partial charge is 0.0529 e. The van der Waals surface area contributed by atoms with Crippen molar-refractivity contribution in [2.24, 2.45) is 5.41 Å². The number of rotatable bonds is 1. The second-order valence-electron chi connectivity index (χ2n) is 5.55. The Hall–Kier alpha value is -0.570. The molecule has 1 N–H and O–H groups in total. The maximum Gasteiger partial charge on any atom is 0.0529 e. The van der Waals surface area contributed by atoms with Crippen LogP contribution in [-0.4, -0.2) is 26.3 Å². The first kappa shape index (κ1) is 12.5. The van der Waals surface area contributed by atoms with Gasteiger partial charge in [-0.25, -0.2) is 0 Å². The van der Waals surface area contributed by atoms with Crippen molar-refractivity contribution >= 4 is 11.6 Å². The first-order valence-electron chi connectivity index (χ1n) is 6.85. The van der Waals surface area contributed by atoms with Gasteiger partial charge in [-0.3, -0.25) is 0 Å². The van der Waals surface area contributed by atoms with E-state index in [9.17, 15) is 0 Å². The van der Waals surface area contributed by atoms with E-state index in [0.717, 1.165) is 31.3 Å². The summed E-state index contributed by atoms with van der Waals surface area (Å²) in [6, 6.07) is 8.28. The lowest BCUT2D eigenvalue weighted by atomic mass is 9.65. The average molecular weight is 266 g/mol. The summed E-state index contributed by atoms with van der Waals surface area (Å²) in [4.78, 5) is 0. The molecule has 2 saturated heterocycles. The fraction of sp³-hybridized carbons (Fsp3) is 0.600. The SMILES string of the molecule is Clc1ccccc1C1CNCCC12CCCOC2. The van der Waals surface area contributed by atoms with Crippen molar-refractivity contribution in [1.29, 1.82) is 0 Å². The summed E-state index contributed by atoms with van der Waals surface area (Å²) in [6.07, 6.45) is 3.65. The largest absolute Gasteiger partial charge is 0.381 e. The summed E-state index contributed by atoms with van der Waals surface area (Å²) >= 11 is 6.39. The minimum absolute atomic E-state index is 0.300. The predicted molar refractivity (Wildman–Crippen MR) is 74.2 cm³/mol. The molecule has 0 aromatic heterocycles. The fourth-order valence-corrected chi connectivity index (χ4v) is 3.79. The molecule has 1 aromatic rings. The van der Waals surface area contributed by atoms with Crippen LogP contribution in [-0.2, 0) is 4.74 Å². The van der Waals surface area contributed by atoms with Crippen LogP contribution in [0.15, 0.2) is 24.3 Å².